The van der Waals surface area contributed by atoms with Crippen molar-refractivity contribution in [1.29, 1.82) is 0 Å². The molecule has 1 N–H and O–H groups in total. The third kappa shape index (κ3) is 6.97. The number of fused-ring (bicyclic) bond motifs is 1. The molecule has 2 amide bonds. The largest absolute Gasteiger partial charge is 0.493 e. The molecule has 1 heterocycles. The molecule has 0 aliphatic heterocycles. The van der Waals surface area contributed by atoms with Crippen LogP contribution in [0.5, 0.6) is 11.5 Å². The van der Waals surface area contributed by atoms with Crippen LogP contribution in [0.1, 0.15) is 44.9 Å². The van der Waals surface area contributed by atoms with E-state index in [1.54, 1.807) is 28.8 Å². The van der Waals surface area contributed by atoms with E-state index >= 15 is 0 Å². The Bertz CT molecular complexity index is 1450. The van der Waals surface area contributed by atoms with E-state index in [1.165, 1.54) is 0 Å². The SMILES string of the molecule is CCOc1ccc([C@@H](C(=O)NC(C)(C)C)N(CCc2ccccc2)C(=O)Cn2nnc3ccccc32)cc1OC. The van der Waals surface area contributed by atoms with Crippen LogP contribution in [0.2, 0.25) is 0 Å². The normalized spacial score (nSPS) is 12.1. The lowest BCUT2D eigenvalue weighted by molar-refractivity contribution is -0.142. The average molecular weight is 544 g/mol. The Labute approximate surface area is 235 Å². The van der Waals surface area contributed by atoms with Crippen LogP contribution in [0, 0.1) is 0 Å². The Balaban J connectivity index is 1.76. The second kappa shape index (κ2) is 12.6. The molecule has 0 radical (unpaired) electrons. The van der Waals surface area contributed by atoms with Crippen molar-refractivity contribution in [2.45, 2.75) is 52.2 Å². The fraction of sp³-hybridized carbons (Fsp3) is 0.355. The van der Waals surface area contributed by atoms with Crippen molar-refractivity contribution in [3.05, 3.63) is 83.9 Å². The summed E-state index contributed by atoms with van der Waals surface area (Å²) in [6, 6.07) is 21.8. The highest BCUT2D eigenvalue weighted by Crippen LogP contribution is 2.33. The van der Waals surface area contributed by atoms with Gasteiger partial charge in [0.25, 0.3) is 0 Å². The van der Waals surface area contributed by atoms with Crippen molar-refractivity contribution in [2.24, 2.45) is 0 Å². The van der Waals surface area contributed by atoms with Crippen molar-refractivity contribution < 1.29 is 19.1 Å². The predicted molar refractivity (Wildman–Crippen MR) is 154 cm³/mol. The number of amides is 2. The molecule has 0 fully saturated rings. The molecule has 40 heavy (non-hydrogen) atoms. The Morgan fingerprint density at radius 2 is 1.73 bits per heavy atom. The van der Waals surface area contributed by atoms with Crippen LogP contribution in [-0.4, -0.2) is 57.5 Å². The third-order valence-electron chi connectivity index (χ3n) is 6.37. The van der Waals surface area contributed by atoms with Crippen LogP contribution < -0.4 is 14.8 Å². The second-order valence-electron chi connectivity index (χ2n) is 10.5. The smallest absolute Gasteiger partial charge is 0.247 e. The monoisotopic (exact) mass is 543 g/mol. The fourth-order valence-corrected chi connectivity index (χ4v) is 4.58. The summed E-state index contributed by atoms with van der Waals surface area (Å²) < 4.78 is 12.9. The van der Waals surface area contributed by atoms with Crippen molar-refractivity contribution in [3.8, 4) is 11.5 Å². The Morgan fingerprint density at radius 3 is 2.42 bits per heavy atom. The molecule has 9 heteroatoms. The van der Waals surface area contributed by atoms with Crippen LogP contribution in [0.25, 0.3) is 11.0 Å². The second-order valence-corrected chi connectivity index (χ2v) is 10.5. The lowest BCUT2D eigenvalue weighted by Gasteiger charge is -2.34. The van der Waals surface area contributed by atoms with E-state index in [1.807, 2.05) is 88.4 Å². The third-order valence-corrected chi connectivity index (χ3v) is 6.37. The lowest BCUT2D eigenvalue weighted by atomic mass is 10.00. The maximum atomic E-state index is 14.1. The number of hydrogen-bond donors (Lipinski definition) is 1. The van der Waals surface area contributed by atoms with E-state index in [-0.39, 0.29) is 18.4 Å². The maximum absolute atomic E-state index is 14.1. The maximum Gasteiger partial charge on any atom is 0.247 e. The molecule has 4 aromatic rings. The van der Waals surface area contributed by atoms with Crippen molar-refractivity contribution >= 4 is 22.8 Å². The summed E-state index contributed by atoms with van der Waals surface area (Å²) in [6.45, 7) is 8.35. The molecule has 4 rings (SSSR count). The highest BCUT2D eigenvalue weighted by molar-refractivity contribution is 5.89. The number of rotatable bonds is 11. The molecule has 1 aromatic heterocycles. The van der Waals surface area contributed by atoms with Gasteiger partial charge in [-0.15, -0.1) is 5.10 Å². The van der Waals surface area contributed by atoms with Gasteiger partial charge in [-0.1, -0.05) is 53.7 Å². The quantitative estimate of drug-likeness (QED) is 0.298. The molecule has 0 saturated carbocycles. The first-order chi connectivity index (χ1) is 19.2. The zero-order chi connectivity index (χ0) is 28.7. The standard InChI is InChI=1S/C31H37N5O4/c1-6-40-26-17-16-23(20-27(26)39-5)29(30(38)32-31(2,3)4)35(19-18-22-12-8-7-9-13-22)28(37)21-36-25-15-11-10-14-24(25)33-34-36/h7-17,20,29H,6,18-19,21H2,1-5H3,(H,32,38)/t29-/m0/s1. The minimum absolute atomic E-state index is 0.0667. The number of methoxy groups -OCH3 is 1. The summed E-state index contributed by atoms with van der Waals surface area (Å²) in [4.78, 5) is 29.6. The van der Waals surface area contributed by atoms with Crippen LogP contribution in [0.15, 0.2) is 72.8 Å². The van der Waals surface area contributed by atoms with Gasteiger partial charge >= 0.3 is 0 Å². The Hall–Kier alpha value is -4.40. The Kier molecular flexibility index (Phi) is 9.04. The van der Waals surface area contributed by atoms with Gasteiger partial charge in [0.15, 0.2) is 11.5 Å². The molecule has 0 aliphatic carbocycles. The number of carbonyl (C=O) groups excluding carboxylic acids is 2. The number of para-hydroxylation sites is 1. The minimum Gasteiger partial charge on any atom is -0.493 e. The highest BCUT2D eigenvalue weighted by Gasteiger charge is 2.34. The van der Waals surface area contributed by atoms with Crippen LogP contribution in [0.3, 0.4) is 0 Å². The molecule has 9 nitrogen and oxygen atoms in total. The first kappa shape index (κ1) is 28.6. The summed E-state index contributed by atoms with van der Waals surface area (Å²) in [7, 11) is 1.56. The van der Waals surface area contributed by atoms with Gasteiger partial charge in [-0.25, -0.2) is 4.68 Å². The van der Waals surface area contributed by atoms with Gasteiger partial charge in [-0.3, -0.25) is 9.59 Å². The van der Waals surface area contributed by atoms with Gasteiger partial charge < -0.3 is 19.7 Å². The highest BCUT2D eigenvalue weighted by atomic mass is 16.5. The fourth-order valence-electron chi connectivity index (χ4n) is 4.58. The molecular weight excluding hydrogens is 506 g/mol. The van der Waals surface area contributed by atoms with E-state index < -0.39 is 11.6 Å². The van der Waals surface area contributed by atoms with Crippen LogP contribution in [0.4, 0.5) is 0 Å². The van der Waals surface area contributed by atoms with E-state index in [0.717, 1.165) is 11.1 Å². The zero-order valence-electron chi connectivity index (χ0n) is 23.8. The van der Waals surface area contributed by atoms with Gasteiger partial charge in [-0.2, -0.15) is 0 Å². The molecular formula is C31H37N5O4. The molecule has 0 spiro atoms. The van der Waals surface area contributed by atoms with Gasteiger partial charge in [0.05, 0.1) is 19.2 Å². The number of benzene rings is 3. The van der Waals surface area contributed by atoms with E-state index in [9.17, 15) is 9.59 Å². The molecule has 0 bridgehead atoms. The topological polar surface area (TPSA) is 98.6 Å². The average Bonchev–Trinajstić information content (AvgIpc) is 3.33. The molecule has 0 unspecified atom stereocenters. The predicted octanol–water partition coefficient (Wildman–Crippen LogP) is 4.57. The first-order valence-electron chi connectivity index (χ1n) is 13.4. The molecule has 210 valence electrons. The summed E-state index contributed by atoms with van der Waals surface area (Å²) in [6.07, 6.45) is 0.568. The van der Waals surface area contributed by atoms with Crippen molar-refractivity contribution in [3.63, 3.8) is 0 Å². The molecule has 0 aliphatic rings. The lowest BCUT2D eigenvalue weighted by Crippen LogP contribution is -2.50. The van der Waals surface area contributed by atoms with Crippen LogP contribution >= 0.6 is 0 Å². The molecule has 3 aromatic carbocycles. The van der Waals surface area contributed by atoms with E-state index in [2.05, 4.69) is 15.6 Å². The molecule has 1 atom stereocenters. The summed E-state index contributed by atoms with van der Waals surface area (Å²) in [5.41, 5.74) is 2.61. The molecule has 0 saturated heterocycles. The number of aromatic nitrogens is 3. The number of nitrogens with one attached hydrogen (secondary N) is 1. The van der Waals surface area contributed by atoms with Crippen molar-refractivity contribution in [2.75, 3.05) is 20.3 Å². The van der Waals surface area contributed by atoms with Crippen molar-refractivity contribution in [1.82, 2.24) is 25.2 Å². The zero-order valence-corrected chi connectivity index (χ0v) is 23.8. The number of hydrogen-bond acceptors (Lipinski definition) is 6. The van der Waals surface area contributed by atoms with Gasteiger partial charge in [0, 0.05) is 12.1 Å². The first-order valence-corrected chi connectivity index (χ1v) is 13.4. The number of ether oxygens (including phenoxy) is 2. The number of nitrogens with zero attached hydrogens (tertiary/aromatic N) is 4. The minimum atomic E-state index is -0.921. The Morgan fingerprint density at radius 1 is 1.00 bits per heavy atom. The number of carbonyl (C=O) groups is 2. The van der Waals surface area contributed by atoms with Gasteiger partial charge in [-0.05, 0) is 69.5 Å². The van der Waals surface area contributed by atoms with Gasteiger partial charge in [0.2, 0.25) is 11.8 Å². The van der Waals surface area contributed by atoms with Crippen LogP contribution in [-0.2, 0) is 22.6 Å². The summed E-state index contributed by atoms with van der Waals surface area (Å²) in [5, 5.41) is 11.5. The summed E-state index contributed by atoms with van der Waals surface area (Å²) >= 11 is 0. The van der Waals surface area contributed by atoms with E-state index in [0.29, 0.717) is 42.2 Å². The summed E-state index contributed by atoms with van der Waals surface area (Å²) in [5.74, 6) is 0.516. The van der Waals surface area contributed by atoms with E-state index in [4.69, 9.17) is 9.47 Å². The van der Waals surface area contributed by atoms with Gasteiger partial charge in [0.1, 0.15) is 18.1 Å².